The van der Waals surface area contributed by atoms with Gasteiger partial charge in [-0.05, 0) is 48.0 Å². The summed E-state index contributed by atoms with van der Waals surface area (Å²) in [5.41, 5.74) is 0.438. The zero-order chi connectivity index (χ0) is 13.2. The van der Waals surface area contributed by atoms with E-state index in [9.17, 15) is 4.79 Å². The normalized spacial score (nSPS) is 22.8. The highest BCUT2D eigenvalue weighted by atomic mass is 79.9. The fourth-order valence-electron chi connectivity index (χ4n) is 2.03. The van der Waals surface area contributed by atoms with Crippen LogP contribution in [0.1, 0.15) is 13.3 Å². The Kier molecular flexibility index (Phi) is 3.92. The predicted octanol–water partition coefficient (Wildman–Crippen LogP) is 2.40. The molecule has 0 spiro atoms. The lowest BCUT2D eigenvalue weighted by Gasteiger charge is -2.21. The second-order valence-corrected chi connectivity index (χ2v) is 5.65. The maximum absolute atomic E-state index is 12.2. The molecule has 1 aliphatic heterocycles. The van der Waals surface area contributed by atoms with Gasteiger partial charge in [0.05, 0.1) is 17.0 Å². The quantitative estimate of drug-likeness (QED) is 0.901. The summed E-state index contributed by atoms with van der Waals surface area (Å²) in [7, 11) is 1.61. The summed E-state index contributed by atoms with van der Waals surface area (Å²) in [6, 6.07) is 5.54. The molecule has 0 aromatic heterocycles. The van der Waals surface area contributed by atoms with Gasteiger partial charge in [-0.15, -0.1) is 0 Å². The van der Waals surface area contributed by atoms with E-state index in [2.05, 4.69) is 26.6 Å². The van der Waals surface area contributed by atoms with Gasteiger partial charge in [0, 0.05) is 18.3 Å². The SMILES string of the molecule is COc1cc(NC(=O)C2(C)CCNC2)ccc1Br. The smallest absolute Gasteiger partial charge is 0.231 e. The summed E-state index contributed by atoms with van der Waals surface area (Å²) >= 11 is 3.39. The number of amides is 1. The molecule has 98 valence electrons. The molecule has 1 heterocycles. The van der Waals surface area contributed by atoms with Gasteiger partial charge >= 0.3 is 0 Å². The maximum Gasteiger partial charge on any atom is 0.231 e. The van der Waals surface area contributed by atoms with Crippen molar-refractivity contribution in [3.63, 3.8) is 0 Å². The molecule has 5 heteroatoms. The highest BCUT2D eigenvalue weighted by molar-refractivity contribution is 9.10. The number of benzene rings is 1. The fourth-order valence-corrected chi connectivity index (χ4v) is 2.44. The molecule has 1 aliphatic rings. The highest BCUT2D eigenvalue weighted by Gasteiger charge is 2.36. The van der Waals surface area contributed by atoms with Crippen molar-refractivity contribution >= 4 is 27.5 Å². The van der Waals surface area contributed by atoms with E-state index in [0.29, 0.717) is 5.75 Å². The average Bonchev–Trinajstić information content (AvgIpc) is 2.80. The summed E-state index contributed by atoms with van der Waals surface area (Å²) < 4.78 is 6.08. The summed E-state index contributed by atoms with van der Waals surface area (Å²) in [5, 5.41) is 6.16. The zero-order valence-electron chi connectivity index (χ0n) is 10.5. The van der Waals surface area contributed by atoms with Gasteiger partial charge in [0.25, 0.3) is 0 Å². The minimum Gasteiger partial charge on any atom is -0.495 e. The number of rotatable bonds is 3. The first-order chi connectivity index (χ1) is 8.55. The first-order valence-corrected chi connectivity index (χ1v) is 6.70. The number of ether oxygens (including phenoxy) is 1. The molecule has 0 radical (unpaired) electrons. The highest BCUT2D eigenvalue weighted by Crippen LogP contribution is 2.30. The van der Waals surface area contributed by atoms with Crippen molar-refractivity contribution < 1.29 is 9.53 Å². The van der Waals surface area contributed by atoms with Crippen LogP contribution in [-0.2, 0) is 4.79 Å². The van der Waals surface area contributed by atoms with Gasteiger partial charge in [0.1, 0.15) is 5.75 Å². The number of carbonyl (C=O) groups is 1. The van der Waals surface area contributed by atoms with E-state index < -0.39 is 0 Å². The van der Waals surface area contributed by atoms with Crippen molar-refractivity contribution in [2.24, 2.45) is 5.41 Å². The molecule has 4 nitrogen and oxygen atoms in total. The molecule has 0 saturated carbocycles. The molecular formula is C13H17BrN2O2. The molecule has 2 rings (SSSR count). The Hall–Kier alpha value is -1.07. The fraction of sp³-hybridized carbons (Fsp3) is 0.462. The van der Waals surface area contributed by atoms with Crippen molar-refractivity contribution in [3.05, 3.63) is 22.7 Å². The summed E-state index contributed by atoms with van der Waals surface area (Å²) in [6.45, 7) is 3.61. The van der Waals surface area contributed by atoms with Crippen LogP contribution in [0.3, 0.4) is 0 Å². The number of hydrogen-bond acceptors (Lipinski definition) is 3. The minimum absolute atomic E-state index is 0.0527. The van der Waals surface area contributed by atoms with Crippen LogP contribution >= 0.6 is 15.9 Å². The monoisotopic (exact) mass is 312 g/mol. The standard InChI is InChI=1S/C13H17BrN2O2/c1-13(5-6-15-8-13)12(17)16-9-3-4-10(14)11(7-9)18-2/h3-4,7,15H,5-6,8H2,1-2H3,(H,16,17). The van der Waals surface area contributed by atoms with Crippen LogP contribution in [0, 0.1) is 5.41 Å². The van der Waals surface area contributed by atoms with E-state index in [1.807, 2.05) is 25.1 Å². The topological polar surface area (TPSA) is 50.4 Å². The third-order valence-corrected chi connectivity index (χ3v) is 3.98. The van der Waals surface area contributed by atoms with Gasteiger partial charge in [0.15, 0.2) is 0 Å². The molecule has 2 N–H and O–H groups in total. The molecule has 1 unspecified atom stereocenters. The molecule has 1 fully saturated rings. The third kappa shape index (κ3) is 2.67. The van der Waals surface area contributed by atoms with Crippen LogP contribution in [0.15, 0.2) is 22.7 Å². The first kappa shape index (κ1) is 13.4. The first-order valence-electron chi connectivity index (χ1n) is 5.91. The lowest BCUT2D eigenvalue weighted by molar-refractivity contribution is -0.123. The lowest BCUT2D eigenvalue weighted by Crippen LogP contribution is -2.35. The van der Waals surface area contributed by atoms with E-state index in [0.717, 1.165) is 29.7 Å². The van der Waals surface area contributed by atoms with Crippen LogP contribution in [-0.4, -0.2) is 26.1 Å². The number of anilines is 1. The molecule has 0 aliphatic carbocycles. The van der Waals surface area contributed by atoms with Gasteiger partial charge in [-0.2, -0.15) is 0 Å². The largest absolute Gasteiger partial charge is 0.495 e. The Balaban J connectivity index is 2.11. The number of nitrogens with one attached hydrogen (secondary N) is 2. The van der Waals surface area contributed by atoms with Crippen LogP contribution in [0.25, 0.3) is 0 Å². The molecular weight excluding hydrogens is 296 g/mol. The van der Waals surface area contributed by atoms with Crippen LogP contribution in [0.5, 0.6) is 5.75 Å². The van der Waals surface area contributed by atoms with E-state index in [-0.39, 0.29) is 11.3 Å². The van der Waals surface area contributed by atoms with E-state index in [1.54, 1.807) is 7.11 Å². The van der Waals surface area contributed by atoms with Gasteiger partial charge in [-0.1, -0.05) is 0 Å². The lowest BCUT2D eigenvalue weighted by atomic mass is 9.89. The molecule has 1 aromatic carbocycles. The van der Waals surface area contributed by atoms with Crippen molar-refractivity contribution in [3.8, 4) is 5.75 Å². The van der Waals surface area contributed by atoms with Crippen molar-refractivity contribution in [1.82, 2.24) is 5.32 Å². The molecule has 0 bridgehead atoms. The van der Waals surface area contributed by atoms with Crippen molar-refractivity contribution in [2.45, 2.75) is 13.3 Å². The second-order valence-electron chi connectivity index (χ2n) is 4.79. The maximum atomic E-state index is 12.2. The zero-order valence-corrected chi connectivity index (χ0v) is 12.1. The molecule has 1 amide bonds. The number of carbonyl (C=O) groups excluding carboxylic acids is 1. The Labute approximate surface area is 115 Å². The van der Waals surface area contributed by atoms with Crippen LogP contribution < -0.4 is 15.4 Å². The second kappa shape index (κ2) is 5.28. The summed E-state index contributed by atoms with van der Waals surface area (Å²) in [6.07, 6.45) is 0.868. The summed E-state index contributed by atoms with van der Waals surface area (Å²) in [5.74, 6) is 0.763. The Morgan fingerprint density at radius 1 is 1.56 bits per heavy atom. The number of hydrogen-bond donors (Lipinski definition) is 2. The van der Waals surface area contributed by atoms with E-state index in [1.165, 1.54) is 0 Å². The minimum atomic E-state index is -0.319. The molecule has 18 heavy (non-hydrogen) atoms. The molecule has 1 saturated heterocycles. The van der Waals surface area contributed by atoms with Crippen LogP contribution in [0.4, 0.5) is 5.69 Å². The van der Waals surface area contributed by atoms with Gasteiger partial charge < -0.3 is 15.4 Å². The van der Waals surface area contributed by atoms with Crippen LogP contribution in [0.2, 0.25) is 0 Å². The molecule has 1 aromatic rings. The Morgan fingerprint density at radius 2 is 2.33 bits per heavy atom. The van der Waals surface area contributed by atoms with Gasteiger partial charge in [-0.25, -0.2) is 0 Å². The van der Waals surface area contributed by atoms with E-state index >= 15 is 0 Å². The summed E-state index contributed by atoms with van der Waals surface area (Å²) in [4.78, 5) is 12.2. The predicted molar refractivity (Wildman–Crippen MR) is 74.9 cm³/mol. The Morgan fingerprint density at radius 3 is 2.94 bits per heavy atom. The van der Waals surface area contributed by atoms with Crippen molar-refractivity contribution in [2.75, 3.05) is 25.5 Å². The van der Waals surface area contributed by atoms with Gasteiger partial charge in [0.2, 0.25) is 5.91 Å². The molecule has 1 atom stereocenters. The number of methoxy groups -OCH3 is 1. The Bertz CT molecular complexity index is 456. The van der Waals surface area contributed by atoms with E-state index in [4.69, 9.17) is 4.74 Å². The van der Waals surface area contributed by atoms with Crippen molar-refractivity contribution in [1.29, 1.82) is 0 Å². The van der Waals surface area contributed by atoms with Gasteiger partial charge in [-0.3, -0.25) is 4.79 Å². The number of halogens is 1. The third-order valence-electron chi connectivity index (χ3n) is 3.33. The average molecular weight is 313 g/mol.